The summed E-state index contributed by atoms with van der Waals surface area (Å²) < 4.78 is 117. The van der Waals surface area contributed by atoms with Crippen LogP contribution >= 0.6 is 15.5 Å². The Hall–Kier alpha value is -4.76. The molecule has 8 rings (SSSR count). The van der Waals surface area contributed by atoms with Gasteiger partial charge in [0, 0.05) is 0 Å². The molecule has 26 nitrogen and oxygen atoms in total. The van der Waals surface area contributed by atoms with Crippen molar-refractivity contribution in [3.63, 3.8) is 0 Å². The summed E-state index contributed by atoms with van der Waals surface area (Å²) in [7, 11) is -8.12. The zero-order valence-electron chi connectivity index (χ0n) is 40.3. The number of nitrogen functional groups attached to an aromatic ring is 2. The average Bonchev–Trinajstić information content (AvgIpc) is 4.02. The standard InChI is InChI=1S/2C20H30FN6O7P/c2*1-6-30-16-13-15(24-19(22)25-16)27(9-23-13)18-20(5,21)14-12(33-18)8-32-35(29,34-14)26-11(4)17(28)31-7-10(2)3/h2*9-12,14,18H,6-8H2,1-5H3,(H,26,29)(H2,22,24,25)/t2*11-,12+,14+,18+,20+,35?/m00/s1. The number of imidazole rings is 2. The number of fused-ring (bicyclic) bond motifs is 4. The van der Waals surface area contributed by atoms with Crippen molar-refractivity contribution >= 4 is 61.7 Å². The predicted molar refractivity (Wildman–Crippen MR) is 242 cm³/mol. The molecule has 8 heterocycles. The number of hydrogen-bond donors (Lipinski definition) is 4. The van der Waals surface area contributed by atoms with Crippen LogP contribution in [0.4, 0.5) is 20.7 Å². The number of nitrogens with zero attached hydrogens (tertiary/aromatic N) is 8. The molecule has 4 fully saturated rings. The lowest BCUT2D eigenvalue weighted by molar-refractivity contribution is -0.147. The van der Waals surface area contributed by atoms with Gasteiger partial charge < -0.3 is 39.9 Å². The molecule has 4 saturated heterocycles. The van der Waals surface area contributed by atoms with Crippen molar-refractivity contribution < 1.29 is 74.0 Å². The Balaban J connectivity index is 0.000000206. The summed E-state index contributed by atoms with van der Waals surface area (Å²) in [6.07, 6.45) is -4.15. The third-order valence-electron chi connectivity index (χ3n) is 11.1. The second-order valence-corrected chi connectivity index (χ2v) is 21.5. The first-order valence-corrected chi connectivity index (χ1v) is 25.7. The lowest BCUT2D eigenvalue weighted by atomic mass is 9.98. The summed E-state index contributed by atoms with van der Waals surface area (Å²) in [5.74, 6) is -0.815. The van der Waals surface area contributed by atoms with E-state index in [-0.39, 0.29) is 84.2 Å². The van der Waals surface area contributed by atoms with Crippen molar-refractivity contribution in [1.29, 1.82) is 0 Å². The van der Waals surface area contributed by atoms with Crippen LogP contribution < -0.4 is 31.1 Å². The molecule has 0 aromatic carbocycles. The van der Waals surface area contributed by atoms with Crippen molar-refractivity contribution in [2.24, 2.45) is 11.8 Å². The number of nitrogens with two attached hydrogens (primary N) is 2. The van der Waals surface area contributed by atoms with Gasteiger partial charge in [0.05, 0.1) is 52.3 Å². The second-order valence-electron chi connectivity index (χ2n) is 18.0. The average molecular weight is 1030 g/mol. The molecule has 0 spiro atoms. The largest absolute Gasteiger partial charge is 0.476 e. The minimum atomic E-state index is -4.06. The van der Waals surface area contributed by atoms with Crippen molar-refractivity contribution in [2.75, 3.05) is 51.1 Å². The van der Waals surface area contributed by atoms with Crippen molar-refractivity contribution in [3.8, 4) is 11.8 Å². The van der Waals surface area contributed by atoms with Gasteiger partial charge in [0.15, 0.2) is 46.1 Å². The van der Waals surface area contributed by atoms with Crippen LogP contribution in [0.3, 0.4) is 0 Å². The molecule has 4 aromatic rings. The number of carbonyl (C=O) groups excluding carboxylic acids is 2. The fourth-order valence-corrected chi connectivity index (χ4v) is 11.3. The molecule has 0 amide bonds. The highest BCUT2D eigenvalue weighted by molar-refractivity contribution is 7.52. The molecule has 0 bridgehead atoms. The zero-order valence-corrected chi connectivity index (χ0v) is 42.1. The van der Waals surface area contributed by atoms with Gasteiger partial charge in [-0.25, -0.2) is 38.1 Å². The van der Waals surface area contributed by atoms with E-state index >= 15 is 8.78 Å². The lowest BCUT2D eigenvalue weighted by Gasteiger charge is -2.35. The highest BCUT2D eigenvalue weighted by atomic mass is 31.2. The minimum absolute atomic E-state index is 0.0784. The number of esters is 2. The molecule has 0 saturated carbocycles. The van der Waals surface area contributed by atoms with Gasteiger partial charge in [-0.1, -0.05) is 27.7 Å². The number of ether oxygens (including phenoxy) is 6. The Morgan fingerprint density at radius 2 is 1.09 bits per heavy atom. The first kappa shape index (κ1) is 53.0. The van der Waals surface area contributed by atoms with E-state index in [1.54, 1.807) is 13.8 Å². The molecule has 0 radical (unpaired) electrons. The van der Waals surface area contributed by atoms with E-state index in [1.807, 2.05) is 27.7 Å². The Kier molecular flexibility index (Phi) is 15.7. The molecule has 6 N–H and O–H groups in total. The van der Waals surface area contributed by atoms with E-state index in [4.69, 9.17) is 58.0 Å². The number of rotatable bonds is 16. The first-order chi connectivity index (χ1) is 32.9. The SMILES string of the molecule is CCOc1nc(N)nc2c1ncn2[C@@H]1O[C@@H]2COP(=O)(N[C@@H](C)C(=O)OCC(C)C)O[C@H]2[C@@]1(C)F.CCOc1nc(N)nc2c1ncn2[C@@H]1O[C@@H]2COP(=O)(N[C@@H](C)C(=O)OCC(C)C)O[C@H]2[C@@]1(C)F. The quantitative estimate of drug-likeness (QED) is 0.0899. The van der Waals surface area contributed by atoms with Crippen LogP contribution in [0.5, 0.6) is 11.8 Å². The van der Waals surface area contributed by atoms with Crippen LogP contribution in [0, 0.1) is 11.8 Å². The number of aromatic nitrogens is 8. The summed E-state index contributed by atoms with van der Waals surface area (Å²) in [4.78, 5) is 49.3. The number of nitrogens with one attached hydrogen (secondary N) is 2. The summed E-state index contributed by atoms with van der Waals surface area (Å²) in [6.45, 7) is 17.1. The van der Waals surface area contributed by atoms with Gasteiger partial charge in [-0.2, -0.15) is 19.9 Å². The van der Waals surface area contributed by atoms with Gasteiger partial charge in [-0.05, 0) is 53.4 Å². The number of carbonyl (C=O) groups is 2. The zero-order chi connectivity index (χ0) is 51.1. The van der Waals surface area contributed by atoms with E-state index in [1.165, 1.54) is 49.5 Å². The highest BCUT2D eigenvalue weighted by Crippen LogP contribution is 2.58. The maximum absolute atomic E-state index is 16.2. The Morgan fingerprint density at radius 1 is 0.714 bits per heavy atom. The van der Waals surface area contributed by atoms with Crippen molar-refractivity contribution in [1.82, 2.24) is 49.2 Å². The van der Waals surface area contributed by atoms with Gasteiger partial charge in [-0.3, -0.25) is 36.8 Å². The van der Waals surface area contributed by atoms with Crippen LogP contribution in [0.2, 0.25) is 0 Å². The topological polar surface area (TPSA) is 324 Å². The smallest absolute Gasteiger partial charge is 0.406 e. The molecular weight excluding hydrogens is 972 g/mol. The molecule has 4 aliphatic heterocycles. The van der Waals surface area contributed by atoms with E-state index in [9.17, 15) is 18.7 Å². The van der Waals surface area contributed by atoms with Gasteiger partial charge >= 0.3 is 27.4 Å². The van der Waals surface area contributed by atoms with Gasteiger partial charge in [0.25, 0.3) is 0 Å². The molecule has 2 unspecified atom stereocenters. The number of anilines is 2. The second kappa shape index (κ2) is 20.8. The van der Waals surface area contributed by atoms with E-state index in [2.05, 4.69) is 40.1 Å². The van der Waals surface area contributed by atoms with Crippen LogP contribution in [0.25, 0.3) is 22.3 Å². The van der Waals surface area contributed by atoms with Gasteiger partial charge in [-0.15, -0.1) is 0 Å². The highest BCUT2D eigenvalue weighted by Gasteiger charge is 2.63. The van der Waals surface area contributed by atoms with E-state index < -0.39 is 87.7 Å². The third-order valence-corrected chi connectivity index (χ3v) is 14.5. The minimum Gasteiger partial charge on any atom is -0.476 e. The summed E-state index contributed by atoms with van der Waals surface area (Å²) in [5, 5.41) is 5.04. The molecule has 12 atom stereocenters. The maximum Gasteiger partial charge on any atom is 0.406 e. The molecule has 30 heteroatoms. The first-order valence-electron chi connectivity index (χ1n) is 22.6. The third kappa shape index (κ3) is 11.0. The lowest BCUT2D eigenvalue weighted by Crippen LogP contribution is -2.47. The maximum atomic E-state index is 16.2. The number of hydrogen-bond acceptors (Lipinski definition) is 22. The fraction of sp³-hybridized carbons (Fsp3) is 0.700. The summed E-state index contributed by atoms with van der Waals surface area (Å²) in [6, 6.07) is -2.01. The summed E-state index contributed by atoms with van der Waals surface area (Å²) >= 11 is 0. The Bertz CT molecular complexity index is 2470. The van der Waals surface area contributed by atoms with E-state index in [0.717, 1.165) is 0 Å². The fourth-order valence-electron chi connectivity index (χ4n) is 7.82. The van der Waals surface area contributed by atoms with E-state index in [0.29, 0.717) is 13.2 Å². The van der Waals surface area contributed by atoms with Crippen LogP contribution in [0.1, 0.15) is 81.7 Å². The van der Waals surface area contributed by atoms with Crippen molar-refractivity contribution in [2.45, 2.75) is 130 Å². The molecule has 70 heavy (non-hydrogen) atoms. The van der Waals surface area contributed by atoms with Crippen LogP contribution in [-0.2, 0) is 55.8 Å². The molecule has 4 aromatic heterocycles. The predicted octanol–water partition coefficient (Wildman–Crippen LogP) is 4.27. The number of alkyl halides is 2. The normalized spacial score (nSPS) is 31.5. The Labute approximate surface area is 401 Å². The Morgan fingerprint density at radius 3 is 1.43 bits per heavy atom. The van der Waals surface area contributed by atoms with Crippen molar-refractivity contribution in [3.05, 3.63) is 12.7 Å². The van der Waals surface area contributed by atoms with Gasteiger partial charge in [0.1, 0.15) is 36.5 Å². The van der Waals surface area contributed by atoms with Gasteiger partial charge in [0.2, 0.25) is 23.7 Å². The summed E-state index contributed by atoms with van der Waals surface area (Å²) in [5.41, 5.74) is 8.22. The monoisotopic (exact) mass is 1030 g/mol. The molecular formula is C40H60F2N12O14P2. The molecule has 388 valence electrons. The molecule has 0 aliphatic carbocycles. The van der Waals surface area contributed by atoms with Crippen LogP contribution in [-0.4, -0.2) is 138 Å². The van der Waals surface area contributed by atoms with Crippen LogP contribution in [0.15, 0.2) is 12.7 Å². The molecule has 4 aliphatic rings. The number of halogens is 2.